The van der Waals surface area contributed by atoms with Crippen molar-refractivity contribution in [3.05, 3.63) is 78.3 Å². The first-order valence-corrected chi connectivity index (χ1v) is 8.35. The highest BCUT2D eigenvalue weighted by Gasteiger charge is 2.44. The van der Waals surface area contributed by atoms with Crippen LogP contribution >= 0.6 is 0 Å². The van der Waals surface area contributed by atoms with Crippen LogP contribution in [0.3, 0.4) is 0 Å². The summed E-state index contributed by atoms with van der Waals surface area (Å²) in [7, 11) is 0. The fourth-order valence-corrected chi connectivity index (χ4v) is 2.85. The first kappa shape index (κ1) is 16.7. The zero-order chi connectivity index (χ0) is 18.8. The molecule has 2 heterocycles. The number of hydrogen-bond acceptors (Lipinski definition) is 5. The number of oxazole rings is 1. The molecule has 134 valence electrons. The smallest absolute Gasteiger partial charge is 0.335 e. The third-order valence-corrected chi connectivity index (χ3v) is 4.22. The lowest BCUT2D eigenvalue weighted by atomic mass is 10.2. The lowest BCUT2D eigenvalue weighted by molar-refractivity contribution is -0.143. The van der Waals surface area contributed by atoms with E-state index in [0.717, 1.165) is 20.9 Å². The van der Waals surface area contributed by atoms with Crippen molar-refractivity contribution >= 4 is 17.8 Å². The molecule has 1 saturated heterocycles. The molecule has 0 bridgehead atoms. The van der Waals surface area contributed by atoms with Gasteiger partial charge in [-0.1, -0.05) is 60.7 Å². The second-order valence-electron chi connectivity index (χ2n) is 6.04. The average Bonchev–Trinajstić information content (AvgIpc) is 3.25. The summed E-state index contributed by atoms with van der Waals surface area (Å²) in [5.41, 5.74) is 1.59. The minimum Gasteiger partial charge on any atom is -0.439 e. The predicted octanol–water partition coefficient (Wildman–Crippen LogP) is 2.83. The van der Waals surface area contributed by atoms with Gasteiger partial charge in [0.25, 0.3) is 0 Å². The molecule has 0 saturated carbocycles. The van der Waals surface area contributed by atoms with Crippen LogP contribution in [0.2, 0.25) is 0 Å². The lowest BCUT2D eigenvalue weighted by Crippen LogP contribution is -2.32. The fraction of sp³-hybridized carbons (Fsp3) is 0.100. The van der Waals surface area contributed by atoms with Crippen molar-refractivity contribution in [2.45, 2.75) is 13.1 Å². The number of carbonyl (C=O) groups is 3. The van der Waals surface area contributed by atoms with E-state index in [1.807, 2.05) is 36.4 Å². The van der Waals surface area contributed by atoms with Crippen molar-refractivity contribution in [1.29, 1.82) is 0 Å². The molecular weight excluding hydrogens is 346 g/mol. The number of imide groups is 2. The molecule has 0 N–H and O–H groups in total. The highest BCUT2D eigenvalue weighted by molar-refractivity contribution is 6.44. The van der Waals surface area contributed by atoms with Crippen LogP contribution in [0.5, 0.6) is 0 Å². The maximum atomic E-state index is 12.6. The van der Waals surface area contributed by atoms with E-state index >= 15 is 0 Å². The van der Waals surface area contributed by atoms with Crippen molar-refractivity contribution in [2.24, 2.45) is 0 Å². The molecule has 27 heavy (non-hydrogen) atoms. The molecule has 3 aromatic rings. The third-order valence-electron chi connectivity index (χ3n) is 4.22. The standard InChI is InChI=1S/C20H15N3O4/c24-18-19(25)23(20(26)22(18)12-14-7-3-1-4-8-14)13-17-21-11-16(27-17)15-9-5-2-6-10-15/h1-11H,12-13H2. The molecule has 2 aromatic carbocycles. The Morgan fingerprint density at radius 2 is 1.37 bits per heavy atom. The number of amides is 4. The largest absolute Gasteiger partial charge is 0.439 e. The Hall–Kier alpha value is -3.74. The summed E-state index contributed by atoms with van der Waals surface area (Å²) in [6, 6.07) is 17.7. The summed E-state index contributed by atoms with van der Waals surface area (Å²) in [6.07, 6.45) is 1.53. The molecule has 4 rings (SSSR count). The molecule has 1 aromatic heterocycles. The zero-order valence-corrected chi connectivity index (χ0v) is 14.2. The molecule has 0 aliphatic carbocycles. The first-order valence-electron chi connectivity index (χ1n) is 8.35. The molecule has 1 fully saturated rings. The molecule has 1 aliphatic rings. The van der Waals surface area contributed by atoms with Crippen molar-refractivity contribution in [1.82, 2.24) is 14.8 Å². The molecule has 0 radical (unpaired) electrons. The van der Waals surface area contributed by atoms with Gasteiger partial charge >= 0.3 is 17.8 Å². The van der Waals surface area contributed by atoms with Crippen LogP contribution in [0.15, 0.2) is 71.3 Å². The van der Waals surface area contributed by atoms with E-state index in [-0.39, 0.29) is 19.0 Å². The topological polar surface area (TPSA) is 83.7 Å². The van der Waals surface area contributed by atoms with Gasteiger partial charge in [0.15, 0.2) is 5.76 Å². The van der Waals surface area contributed by atoms with Gasteiger partial charge in [-0.05, 0) is 5.56 Å². The molecule has 1 aliphatic heterocycles. The van der Waals surface area contributed by atoms with Gasteiger partial charge in [0, 0.05) is 5.56 Å². The molecule has 4 amide bonds. The highest BCUT2D eigenvalue weighted by atomic mass is 16.4. The second-order valence-corrected chi connectivity index (χ2v) is 6.04. The predicted molar refractivity (Wildman–Crippen MR) is 94.9 cm³/mol. The fourth-order valence-electron chi connectivity index (χ4n) is 2.85. The Labute approximate surface area is 154 Å². The van der Waals surface area contributed by atoms with Crippen molar-refractivity contribution in [2.75, 3.05) is 0 Å². The van der Waals surface area contributed by atoms with E-state index in [9.17, 15) is 14.4 Å². The average molecular weight is 361 g/mol. The van der Waals surface area contributed by atoms with E-state index in [1.54, 1.807) is 24.3 Å². The van der Waals surface area contributed by atoms with Gasteiger partial charge in [-0.25, -0.2) is 14.7 Å². The Morgan fingerprint density at radius 1 is 0.778 bits per heavy atom. The van der Waals surface area contributed by atoms with Gasteiger partial charge < -0.3 is 4.42 Å². The second kappa shape index (κ2) is 6.87. The molecular formula is C20H15N3O4. The Balaban J connectivity index is 1.51. The summed E-state index contributed by atoms with van der Waals surface area (Å²) in [4.78, 5) is 42.9. The molecule has 7 heteroatoms. The molecule has 7 nitrogen and oxygen atoms in total. The Kier molecular flexibility index (Phi) is 4.25. The van der Waals surface area contributed by atoms with Gasteiger partial charge in [-0.2, -0.15) is 0 Å². The molecule has 0 atom stereocenters. The van der Waals surface area contributed by atoms with Crippen molar-refractivity contribution in [3.8, 4) is 11.3 Å². The number of aromatic nitrogens is 1. The van der Waals surface area contributed by atoms with Crippen LogP contribution in [-0.2, 0) is 22.7 Å². The maximum Gasteiger partial charge on any atom is 0.335 e. The van der Waals surface area contributed by atoms with Crippen LogP contribution in [0.25, 0.3) is 11.3 Å². The van der Waals surface area contributed by atoms with Gasteiger partial charge in [-0.15, -0.1) is 0 Å². The van der Waals surface area contributed by atoms with E-state index in [4.69, 9.17) is 4.42 Å². The third kappa shape index (κ3) is 3.22. The van der Waals surface area contributed by atoms with Crippen molar-refractivity contribution < 1.29 is 18.8 Å². The van der Waals surface area contributed by atoms with Gasteiger partial charge in [0.05, 0.1) is 12.7 Å². The molecule has 0 unspecified atom stereocenters. The van der Waals surface area contributed by atoms with E-state index in [1.165, 1.54) is 6.20 Å². The minimum absolute atomic E-state index is 0.0432. The van der Waals surface area contributed by atoms with Crippen LogP contribution in [0.4, 0.5) is 4.79 Å². The van der Waals surface area contributed by atoms with Crippen LogP contribution in [0, 0.1) is 0 Å². The van der Waals surface area contributed by atoms with E-state index in [0.29, 0.717) is 5.76 Å². The summed E-state index contributed by atoms with van der Waals surface area (Å²) in [6.45, 7) is -0.150. The quantitative estimate of drug-likeness (QED) is 0.515. The van der Waals surface area contributed by atoms with Crippen molar-refractivity contribution in [3.63, 3.8) is 0 Å². The number of hydrogen-bond donors (Lipinski definition) is 0. The van der Waals surface area contributed by atoms with Gasteiger partial charge in [0.2, 0.25) is 5.89 Å². The summed E-state index contributed by atoms with van der Waals surface area (Å²) in [5.74, 6) is -1.02. The maximum absolute atomic E-state index is 12.6. The zero-order valence-electron chi connectivity index (χ0n) is 14.2. The Bertz CT molecular complexity index is 998. The summed E-state index contributed by atoms with van der Waals surface area (Å²) in [5, 5.41) is 0. The first-order chi connectivity index (χ1) is 13.1. The number of benzene rings is 2. The van der Waals surface area contributed by atoms with E-state index < -0.39 is 17.8 Å². The summed E-state index contributed by atoms with van der Waals surface area (Å²) >= 11 is 0. The van der Waals surface area contributed by atoms with Gasteiger partial charge in [0.1, 0.15) is 6.54 Å². The van der Waals surface area contributed by atoms with Gasteiger partial charge in [-0.3, -0.25) is 14.5 Å². The number of nitrogens with zero attached hydrogens (tertiary/aromatic N) is 3. The lowest BCUT2D eigenvalue weighted by Gasteiger charge is -2.14. The van der Waals surface area contributed by atoms with Crippen LogP contribution < -0.4 is 0 Å². The Morgan fingerprint density at radius 3 is 2.04 bits per heavy atom. The highest BCUT2D eigenvalue weighted by Crippen LogP contribution is 2.23. The number of rotatable bonds is 5. The van der Waals surface area contributed by atoms with E-state index in [2.05, 4.69) is 4.98 Å². The monoisotopic (exact) mass is 361 g/mol. The van der Waals surface area contributed by atoms with Crippen LogP contribution in [-0.4, -0.2) is 32.6 Å². The minimum atomic E-state index is -0.879. The van der Waals surface area contributed by atoms with Crippen LogP contribution in [0.1, 0.15) is 11.5 Å². The number of carbonyl (C=O) groups excluding carboxylic acids is 3. The number of urea groups is 1. The SMILES string of the molecule is O=C1C(=O)N(Cc2ncc(-c3ccccc3)o2)C(=O)N1Cc1ccccc1. The normalized spacial score (nSPS) is 14.3. The molecule has 0 spiro atoms. The summed E-state index contributed by atoms with van der Waals surface area (Å²) < 4.78 is 5.63.